The second kappa shape index (κ2) is 3.94. The third-order valence-corrected chi connectivity index (χ3v) is 2.80. The van der Waals surface area contributed by atoms with Gasteiger partial charge in [-0.1, -0.05) is 0 Å². The van der Waals surface area contributed by atoms with Crippen molar-refractivity contribution in [2.45, 2.75) is 12.5 Å². The molecular weight excluding hydrogens is 196 g/mol. The van der Waals surface area contributed by atoms with Crippen molar-refractivity contribution in [1.82, 2.24) is 9.78 Å². The number of aliphatic hydroxyl groups is 1. The van der Waals surface area contributed by atoms with Gasteiger partial charge in [-0.25, -0.2) is 0 Å². The Hall–Kier alpha value is -1.13. The van der Waals surface area contributed by atoms with Crippen LogP contribution in [0.2, 0.25) is 0 Å². The third-order valence-electron chi connectivity index (χ3n) is 2.10. The first-order valence-electron chi connectivity index (χ1n) is 4.44. The Balaban J connectivity index is 2.05. The molecule has 74 valence electrons. The van der Waals surface area contributed by atoms with Gasteiger partial charge in [-0.2, -0.15) is 16.4 Å². The van der Waals surface area contributed by atoms with E-state index >= 15 is 0 Å². The third kappa shape index (κ3) is 2.02. The van der Waals surface area contributed by atoms with Crippen molar-refractivity contribution >= 4 is 11.3 Å². The molecule has 0 spiro atoms. The van der Waals surface area contributed by atoms with E-state index in [1.54, 1.807) is 16.0 Å². The number of hydrogen-bond acceptors (Lipinski definition) is 3. The van der Waals surface area contributed by atoms with Gasteiger partial charge in [0.2, 0.25) is 0 Å². The lowest BCUT2D eigenvalue weighted by molar-refractivity contribution is 0.177. The number of hydrogen-bond donors (Lipinski definition) is 1. The standard InChI is InChI=1S/C10H12N2OS/c1-12-4-2-9(11-12)6-10(13)8-3-5-14-7-8/h2-5,7,10,13H,6H2,1H3. The zero-order valence-electron chi connectivity index (χ0n) is 7.92. The van der Waals surface area contributed by atoms with Crippen LogP contribution in [0, 0.1) is 0 Å². The molecule has 0 radical (unpaired) electrons. The van der Waals surface area contributed by atoms with Crippen molar-refractivity contribution in [2.75, 3.05) is 0 Å². The number of aromatic nitrogens is 2. The van der Waals surface area contributed by atoms with Crippen LogP contribution in [0.1, 0.15) is 17.4 Å². The van der Waals surface area contributed by atoms with Gasteiger partial charge in [0.05, 0.1) is 11.8 Å². The molecule has 0 aromatic carbocycles. The Kier molecular flexibility index (Phi) is 2.65. The van der Waals surface area contributed by atoms with Gasteiger partial charge >= 0.3 is 0 Å². The van der Waals surface area contributed by atoms with E-state index in [0.717, 1.165) is 11.3 Å². The molecule has 1 unspecified atom stereocenters. The minimum Gasteiger partial charge on any atom is -0.388 e. The van der Waals surface area contributed by atoms with Crippen LogP contribution < -0.4 is 0 Å². The fraction of sp³-hybridized carbons (Fsp3) is 0.300. The van der Waals surface area contributed by atoms with Crippen molar-refractivity contribution in [3.05, 3.63) is 40.3 Å². The maximum atomic E-state index is 9.83. The van der Waals surface area contributed by atoms with Crippen LogP contribution in [0.3, 0.4) is 0 Å². The SMILES string of the molecule is Cn1ccc(CC(O)c2ccsc2)n1. The van der Waals surface area contributed by atoms with Crippen LogP contribution in [0.4, 0.5) is 0 Å². The summed E-state index contributed by atoms with van der Waals surface area (Å²) in [5.74, 6) is 0. The van der Waals surface area contributed by atoms with Crippen LogP contribution in [0.25, 0.3) is 0 Å². The molecule has 0 bridgehead atoms. The quantitative estimate of drug-likeness (QED) is 0.834. The molecule has 2 heterocycles. The van der Waals surface area contributed by atoms with Gasteiger partial charge < -0.3 is 5.11 Å². The summed E-state index contributed by atoms with van der Waals surface area (Å²) >= 11 is 1.60. The van der Waals surface area contributed by atoms with E-state index in [1.807, 2.05) is 36.1 Å². The van der Waals surface area contributed by atoms with E-state index in [1.165, 1.54) is 0 Å². The molecule has 0 saturated heterocycles. The minimum atomic E-state index is -0.434. The average Bonchev–Trinajstić information content (AvgIpc) is 2.75. The maximum absolute atomic E-state index is 9.83. The van der Waals surface area contributed by atoms with Crippen molar-refractivity contribution < 1.29 is 5.11 Å². The Bertz CT molecular complexity index is 394. The topological polar surface area (TPSA) is 38.0 Å². The minimum absolute atomic E-state index is 0.434. The highest BCUT2D eigenvalue weighted by Crippen LogP contribution is 2.19. The lowest BCUT2D eigenvalue weighted by Gasteiger charge is -2.05. The molecule has 0 aliphatic heterocycles. The van der Waals surface area contributed by atoms with E-state index in [2.05, 4.69) is 5.10 Å². The predicted octanol–water partition coefficient (Wildman–Crippen LogP) is 1.76. The number of aryl methyl sites for hydroxylation is 1. The Morgan fingerprint density at radius 2 is 2.43 bits per heavy atom. The summed E-state index contributed by atoms with van der Waals surface area (Å²) in [6.45, 7) is 0. The van der Waals surface area contributed by atoms with E-state index in [0.29, 0.717) is 6.42 Å². The van der Waals surface area contributed by atoms with Gasteiger partial charge in [0.1, 0.15) is 0 Å². The Morgan fingerprint density at radius 3 is 3.00 bits per heavy atom. The van der Waals surface area contributed by atoms with E-state index in [4.69, 9.17) is 0 Å². The molecule has 14 heavy (non-hydrogen) atoms. The van der Waals surface area contributed by atoms with Crippen LogP contribution >= 0.6 is 11.3 Å². The van der Waals surface area contributed by atoms with Crippen molar-refractivity contribution in [2.24, 2.45) is 7.05 Å². The van der Waals surface area contributed by atoms with Gasteiger partial charge in [-0.3, -0.25) is 4.68 Å². The summed E-state index contributed by atoms with van der Waals surface area (Å²) in [6.07, 6.45) is 2.03. The maximum Gasteiger partial charge on any atom is 0.0854 e. The van der Waals surface area contributed by atoms with Crippen LogP contribution in [-0.2, 0) is 13.5 Å². The summed E-state index contributed by atoms with van der Waals surface area (Å²) in [7, 11) is 1.88. The second-order valence-electron chi connectivity index (χ2n) is 3.26. The summed E-state index contributed by atoms with van der Waals surface area (Å²) in [5, 5.41) is 18.0. The molecule has 0 aliphatic carbocycles. The van der Waals surface area contributed by atoms with E-state index < -0.39 is 6.10 Å². The van der Waals surface area contributed by atoms with E-state index in [9.17, 15) is 5.11 Å². The Labute approximate surface area is 86.6 Å². The Morgan fingerprint density at radius 1 is 1.57 bits per heavy atom. The second-order valence-corrected chi connectivity index (χ2v) is 4.04. The molecule has 2 aromatic rings. The normalized spacial score (nSPS) is 13.0. The molecule has 1 atom stereocenters. The molecule has 2 rings (SSSR count). The molecule has 1 N–H and O–H groups in total. The summed E-state index contributed by atoms with van der Waals surface area (Å²) in [4.78, 5) is 0. The molecule has 4 heteroatoms. The zero-order chi connectivity index (χ0) is 9.97. The molecule has 0 aliphatic rings. The number of rotatable bonds is 3. The average molecular weight is 208 g/mol. The zero-order valence-corrected chi connectivity index (χ0v) is 8.74. The number of aliphatic hydroxyl groups excluding tert-OH is 1. The lowest BCUT2D eigenvalue weighted by atomic mass is 10.1. The van der Waals surface area contributed by atoms with Gasteiger partial charge in [-0.15, -0.1) is 0 Å². The van der Waals surface area contributed by atoms with Gasteiger partial charge in [-0.05, 0) is 28.5 Å². The van der Waals surface area contributed by atoms with Crippen LogP contribution in [0.15, 0.2) is 29.1 Å². The molecule has 2 aromatic heterocycles. The molecule has 0 saturated carbocycles. The number of nitrogens with zero attached hydrogens (tertiary/aromatic N) is 2. The fourth-order valence-corrected chi connectivity index (χ4v) is 2.06. The largest absolute Gasteiger partial charge is 0.388 e. The summed E-state index contributed by atoms with van der Waals surface area (Å²) in [6, 6.07) is 3.87. The molecule has 0 amide bonds. The smallest absolute Gasteiger partial charge is 0.0854 e. The monoisotopic (exact) mass is 208 g/mol. The lowest BCUT2D eigenvalue weighted by Crippen LogP contribution is -2.01. The summed E-state index contributed by atoms with van der Waals surface area (Å²) in [5.41, 5.74) is 1.90. The van der Waals surface area contributed by atoms with Gasteiger partial charge in [0.25, 0.3) is 0 Å². The fourth-order valence-electron chi connectivity index (χ4n) is 1.35. The highest BCUT2D eigenvalue weighted by Gasteiger charge is 2.10. The first-order chi connectivity index (χ1) is 6.75. The predicted molar refractivity (Wildman–Crippen MR) is 56.2 cm³/mol. The molecule has 0 fully saturated rings. The van der Waals surface area contributed by atoms with Crippen molar-refractivity contribution in [3.63, 3.8) is 0 Å². The van der Waals surface area contributed by atoms with Crippen LogP contribution in [-0.4, -0.2) is 14.9 Å². The van der Waals surface area contributed by atoms with Crippen LogP contribution in [0.5, 0.6) is 0 Å². The highest BCUT2D eigenvalue weighted by molar-refractivity contribution is 7.07. The first kappa shape index (κ1) is 9.43. The van der Waals surface area contributed by atoms with Gasteiger partial charge in [0.15, 0.2) is 0 Å². The first-order valence-corrected chi connectivity index (χ1v) is 5.38. The van der Waals surface area contributed by atoms with E-state index in [-0.39, 0.29) is 0 Å². The molecular formula is C10H12N2OS. The summed E-state index contributed by atoms with van der Waals surface area (Å²) < 4.78 is 1.75. The van der Waals surface area contributed by atoms with Crippen molar-refractivity contribution in [1.29, 1.82) is 0 Å². The van der Waals surface area contributed by atoms with Gasteiger partial charge in [0, 0.05) is 19.7 Å². The molecule has 3 nitrogen and oxygen atoms in total. The van der Waals surface area contributed by atoms with Crippen molar-refractivity contribution in [3.8, 4) is 0 Å². The highest BCUT2D eigenvalue weighted by atomic mass is 32.1. The number of thiophene rings is 1.